The molecule has 30 heavy (non-hydrogen) atoms. The lowest BCUT2D eigenvalue weighted by Gasteiger charge is -2.36. The molecule has 0 atom stereocenters. The van der Waals surface area contributed by atoms with Gasteiger partial charge in [0.2, 0.25) is 5.91 Å². The quantitative estimate of drug-likeness (QED) is 0.792. The van der Waals surface area contributed by atoms with Crippen molar-refractivity contribution in [3.63, 3.8) is 0 Å². The van der Waals surface area contributed by atoms with Crippen LogP contribution in [0.4, 0.5) is 17.1 Å². The SMILES string of the molecule is Cc1ccc(Cl)cc1N1CCN(CC(=O)Nc2ccc(N3CCOCC3)cc2)CC1. The second kappa shape index (κ2) is 9.69. The minimum Gasteiger partial charge on any atom is -0.378 e. The van der Waals surface area contributed by atoms with Crippen LogP contribution in [0.3, 0.4) is 0 Å². The molecule has 2 saturated heterocycles. The lowest BCUT2D eigenvalue weighted by atomic mass is 10.1. The summed E-state index contributed by atoms with van der Waals surface area (Å²) in [6, 6.07) is 14.1. The molecule has 2 fully saturated rings. The average molecular weight is 429 g/mol. The predicted octanol–water partition coefficient (Wildman–Crippen LogP) is 3.25. The Bertz CT molecular complexity index is 860. The van der Waals surface area contributed by atoms with Gasteiger partial charge in [-0.25, -0.2) is 0 Å². The number of rotatable bonds is 5. The monoisotopic (exact) mass is 428 g/mol. The Balaban J connectivity index is 1.25. The average Bonchev–Trinajstić information content (AvgIpc) is 2.77. The number of anilines is 3. The molecule has 0 radical (unpaired) electrons. The molecule has 0 aliphatic carbocycles. The second-order valence-electron chi connectivity index (χ2n) is 7.89. The lowest BCUT2D eigenvalue weighted by molar-refractivity contribution is -0.117. The van der Waals surface area contributed by atoms with Gasteiger partial charge in [-0.2, -0.15) is 0 Å². The van der Waals surface area contributed by atoms with Crippen molar-refractivity contribution in [1.82, 2.24) is 4.90 Å². The summed E-state index contributed by atoms with van der Waals surface area (Å²) in [5, 5.41) is 3.79. The van der Waals surface area contributed by atoms with E-state index in [1.165, 1.54) is 16.9 Å². The summed E-state index contributed by atoms with van der Waals surface area (Å²) in [6.45, 7) is 9.36. The van der Waals surface area contributed by atoms with Gasteiger partial charge >= 0.3 is 0 Å². The predicted molar refractivity (Wildman–Crippen MR) is 123 cm³/mol. The molecule has 2 aromatic rings. The van der Waals surface area contributed by atoms with Gasteiger partial charge in [0, 0.05) is 61.4 Å². The van der Waals surface area contributed by atoms with E-state index in [-0.39, 0.29) is 5.91 Å². The van der Waals surface area contributed by atoms with Crippen LogP contribution in [0.2, 0.25) is 5.02 Å². The van der Waals surface area contributed by atoms with Crippen molar-refractivity contribution in [3.05, 3.63) is 53.1 Å². The van der Waals surface area contributed by atoms with Gasteiger partial charge in [0.1, 0.15) is 0 Å². The third kappa shape index (κ3) is 5.25. The molecule has 2 aromatic carbocycles. The van der Waals surface area contributed by atoms with Gasteiger partial charge < -0.3 is 19.9 Å². The highest BCUT2D eigenvalue weighted by atomic mass is 35.5. The Morgan fingerprint density at radius 3 is 2.37 bits per heavy atom. The van der Waals surface area contributed by atoms with Crippen LogP contribution in [0, 0.1) is 6.92 Å². The number of hydrogen-bond donors (Lipinski definition) is 1. The number of nitrogens with zero attached hydrogens (tertiary/aromatic N) is 3. The van der Waals surface area contributed by atoms with Gasteiger partial charge in [-0.05, 0) is 48.9 Å². The van der Waals surface area contributed by atoms with Gasteiger partial charge in [0.15, 0.2) is 0 Å². The van der Waals surface area contributed by atoms with Gasteiger partial charge in [-0.15, -0.1) is 0 Å². The normalized spacial score (nSPS) is 17.8. The Labute approximate surface area is 183 Å². The summed E-state index contributed by atoms with van der Waals surface area (Å²) in [4.78, 5) is 19.4. The third-order valence-corrected chi connectivity index (χ3v) is 6.01. The van der Waals surface area contributed by atoms with Crippen molar-refractivity contribution in [3.8, 4) is 0 Å². The second-order valence-corrected chi connectivity index (χ2v) is 8.32. The molecular weight excluding hydrogens is 400 g/mol. The van der Waals surface area contributed by atoms with Crippen molar-refractivity contribution < 1.29 is 9.53 Å². The zero-order valence-electron chi connectivity index (χ0n) is 17.4. The van der Waals surface area contributed by atoms with Crippen LogP contribution >= 0.6 is 11.6 Å². The fraction of sp³-hybridized carbons (Fsp3) is 0.435. The number of benzene rings is 2. The molecule has 0 aromatic heterocycles. The van der Waals surface area contributed by atoms with E-state index in [4.69, 9.17) is 16.3 Å². The number of carbonyl (C=O) groups is 1. The maximum absolute atomic E-state index is 12.5. The van der Waals surface area contributed by atoms with Crippen molar-refractivity contribution in [2.24, 2.45) is 0 Å². The van der Waals surface area contributed by atoms with Gasteiger partial charge in [-0.1, -0.05) is 17.7 Å². The Morgan fingerprint density at radius 2 is 1.67 bits per heavy atom. The number of aryl methyl sites for hydroxylation is 1. The minimum absolute atomic E-state index is 0.0292. The molecule has 1 amide bonds. The Kier molecular flexibility index (Phi) is 6.77. The number of ether oxygens (including phenoxy) is 1. The summed E-state index contributed by atoms with van der Waals surface area (Å²) < 4.78 is 5.40. The summed E-state index contributed by atoms with van der Waals surface area (Å²) in [5.74, 6) is 0.0292. The van der Waals surface area contributed by atoms with Crippen LogP contribution in [-0.2, 0) is 9.53 Å². The van der Waals surface area contributed by atoms with E-state index in [1.807, 2.05) is 24.3 Å². The topological polar surface area (TPSA) is 48.0 Å². The van der Waals surface area contributed by atoms with Crippen LogP contribution in [0.15, 0.2) is 42.5 Å². The molecule has 2 aliphatic heterocycles. The third-order valence-electron chi connectivity index (χ3n) is 5.78. The molecule has 7 heteroatoms. The number of halogens is 1. The van der Waals surface area contributed by atoms with E-state index in [1.54, 1.807) is 0 Å². The molecule has 0 spiro atoms. The van der Waals surface area contributed by atoms with Crippen molar-refractivity contribution in [1.29, 1.82) is 0 Å². The zero-order chi connectivity index (χ0) is 20.9. The molecule has 2 heterocycles. The van der Waals surface area contributed by atoms with E-state index >= 15 is 0 Å². The first-order valence-electron chi connectivity index (χ1n) is 10.5. The Morgan fingerprint density at radius 1 is 0.967 bits per heavy atom. The molecule has 1 N–H and O–H groups in total. The van der Waals surface area contributed by atoms with Crippen LogP contribution < -0.4 is 15.1 Å². The van der Waals surface area contributed by atoms with E-state index in [0.29, 0.717) is 6.54 Å². The smallest absolute Gasteiger partial charge is 0.238 e. The maximum atomic E-state index is 12.5. The number of hydrogen-bond acceptors (Lipinski definition) is 5. The largest absolute Gasteiger partial charge is 0.378 e. The highest BCUT2D eigenvalue weighted by Crippen LogP contribution is 2.25. The minimum atomic E-state index is 0.0292. The highest BCUT2D eigenvalue weighted by molar-refractivity contribution is 6.30. The van der Waals surface area contributed by atoms with E-state index < -0.39 is 0 Å². The first kappa shape index (κ1) is 21.0. The molecule has 6 nitrogen and oxygen atoms in total. The lowest BCUT2D eigenvalue weighted by Crippen LogP contribution is -2.48. The zero-order valence-corrected chi connectivity index (χ0v) is 18.2. The summed E-state index contributed by atoms with van der Waals surface area (Å²) in [6.07, 6.45) is 0. The maximum Gasteiger partial charge on any atom is 0.238 e. The molecule has 0 bridgehead atoms. The molecule has 4 rings (SSSR count). The van der Waals surface area contributed by atoms with E-state index in [0.717, 1.165) is 63.2 Å². The van der Waals surface area contributed by atoms with Crippen LogP contribution in [0.25, 0.3) is 0 Å². The molecule has 0 saturated carbocycles. The number of amides is 1. The molecule has 160 valence electrons. The Hall–Kier alpha value is -2.28. The van der Waals surface area contributed by atoms with Crippen LogP contribution in [0.5, 0.6) is 0 Å². The van der Waals surface area contributed by atoms with Crippen molar-refractivity contribution >= 4 is 34.6 Å². The fourth-order valence-electron chi connectivity index (χ4n) is 4.05. The van der Waals surface area contributed by atoms with Crippen LogP contribution in [-0.4, -0.2) is 69.8 Å². The number of piperazine rings is 1. The van der Waals surface area contributed by atoms with Gasteiger partial charge in [-0.3, -0.25) is 9.69 Å². The first-order valence-corrected chi connectivity index (χ1v) is 10.9. The summed E-state index contributed by atoms with van der Waals surface area (Å²) >= 11 is 6.17. The van der Waals surface area contributed by atoms with Crippen LogP contribution in [0.1, 0.15) is 5.56 Å². The molecule has 0 unspecified atom stereocenters. The molecular formula is C23H29ClN4O2. The number of nitrogens with one attached hydrogen (secondary N) is 1. The summed E-state index contributed by atoms with van der Waals surface area (Å²) in [5.41, 5.74) is 4.42. The fourth-order valence-corrected chi connectivity index (χ4v) is 4.22. The first-order chi connectivity index (χ1) is 14.6. The van der Waals surface area contributed by atoms with E-state index in [9.17, 15) is 4.79 Å². The van der Waals surface area contributed by atoms with Gasteiger partial charge in [0.25, 0.3) is 0 Å². The van der Waals surface area contributed by atoms with Gasteiger partial charge in [0.05, 0.1) is 19.8 Å². The summed E-state index contributed by atoms with van der Waals surface area (Å²) in [7, 11) is 0. The van der Waals surface area contributed by atoms with Crippen molar-refractivity contribution in [2.45, 2.75) is 6.92 Å². The standard InChI is InChI=1S/C23H29ClN4O2/c1-18-2-3-19(24)16-22(18)28-10-8-26(9-11-28)17-23(29)25-20-4-6-21(7-5-20)27-12-14-30-15-13-27/h2-7,16H,8-15,17H2,1H3,(H,25,29). The van der Waals surface area contributed by atoms with E-state index in [2.05, 4.69) is 45.1 Å². The van der Waals surface area contributed by atoms with Crippen molar-refractivity contribution in [2.75, 3.05) is 74.1 Å². The molecule has 2 aliphatic rings. The highest BCUT2D eigenvalue weighted by Gasteiger charge is 2.20. The number of carbonyl (C=O) groups excluding carboxylic acids is 1. The number of morpholine rings is 1.